The number of anilines is 2. The molecule has 3 heterocycles. The minimum Gasteiger partial charge on any atom is -0.489 e. The normalized spacial score (nSPS) is 19.5. The molecule has 0 unspecified atom stereocenters. The molecule has 1 atom stereocenters. The summed E-state index contributed by atoms with van der Waals surface area (Å²) in [6, 6.07) is 3.23. The lowest BCUT2D eigenvalue weighted by Gasteiger charge is -2.41. The van der Waals surface area contributed by atoms with Gasteiger partial charge in [0.25, 0.3) is 0 Å². The molecule has 1 aromatic heterocycles. The number of carbonyl (C=O) groups excluding carboxylic acids is 1. The molecule has 1 fully saturated rings. The second kappa shape index (κ2) is 6.98. The third kappa shape index (κ3) is 3.24. The van der Waals surface area contributed by atoms with Crippen molar-refractivity contribution in [2.45, 2.75) is 13.0 Å². The van der Waals surface area contributed by atoms with Gasteiger partial charge < -0.3 is 14.5 Å². The molecule has 0 saturated carbocycles. The first-order chi connectivity index (χ1) is 13.0. The van der Waals surface area contributed by atoms with E-state index < -0.39 is 11.6 Å². The van der Waals surface area contributed by atoms with E-state index in [0.29, 0.717) is 32.1 Å². The molecule has 7 nitrogen and oxygen atoms in total. The van der Waals surface area contributed by atoms with Gasteiger partial charge >= 0.3 is 6.03 Å². The zero-order chi connectivity index (χ0) is 19.0. The fraction of sp³-hybridized carbons (Fsp3) is 0.389. The average Bonchev–Trinajstić information content (AvgIpc) is 2.70. The highest BCUT2D eigenvalue weighted by atomic mass is 19.2. The van der Waals surface area contributed by atoms with Crippen LogP contribution in [0.3, 0.4) is 0 Å². The van der Waals surface area contributed by atoms with Crippen LogP contribution in [-0.4, -0.2) is 59.7 Å². The topological polar surface area (TPSA) is 61.8 Å². The van der Waals surface area contributed by atoms with E-state index in [2.05, 4.69) is 9.97 Å². The second-order valence-electron chi connectivity index (χ2n) is 6.57. The number of hydrogen-bond acceptors (Lipinski definition) is 5. The number of fused-ring (bicyclic) bond motifs is 1. The van der Waals surface area contributed by atoms with E-state index in [-0.39, 0.29) is 30.1 Å². The van der Waals surface area contributed by atoms with Crippen molar-refractivity contribution in [3.05, 3.63) is 42.2 Å². The van der Waals surface area contributed by atoms with Gasteiger partial charge in [0.05, 0.1) is 11.7 Å². The van der Waals surface area contributed by atoms with E-state index in [1.165, 1.54) is 4.90 Å². The van der Waals surface area contributed by atoms with E-state index in [1.54, 1.807) is 23.4 Å². The summed E-state index contributed by atoms with van der Waals surface area (Å²) in [5.74, 6) is -1.19. The van der Waals surface area contributed by atoms with Crippen LogP contribution in [0.15, 0.2) is 30.6 Å². The van der Waals surface area contributed by atoms with Crippen LogP contribution in [0.25, 0.3) is 0 Å². The van der Waals surface area contributed by atoms with E-state index in [0.717, 1.165) is 12.1 Å². The summed E-state index contributed by atoms with van der Waals surface area (Å²) in [5, 5.41) is 0. The SMILES string of the molecule is C[C@H]1COc2cc(F)c(F)cc2N1C(=O)N1CCN(c2ncccn2)CC1. The van der Waals surface area contributed by atoms with Gasteiger partial charge in [-0.2, -0.15) is 0 Å². The van der Waals surface area contributed by atoms with Crippen molar-refractivity contribution in [1.29, 1.82) is 0 Å². The molecule has 0 radical (unpaired) electrons. The number of amides is 2. The Hall–Kier alpha value is -2.97. The molecule has 2 aliphatic heterocycles. The summed E-state index contributed by atoms with van der Waals surface area (Å²) in [7, 11) is 0. The Balaban J connectivity index is 1.51. The quantitative estimate of drug-likeness (QED) is 0.765. The molecule has 0 aliphatic carbocycles. The Morgan fingerprint density at radius 3 is 2.48 bits per heavy atom. The van der Waals surface area contributed by atoms with Crippen LogP contribution in [-0.2, 0) is 0 Å². The number of nitrogens with zero attached hydrogens (tertiary/aromatic N) is 5. The van der Waals surface area contributed by atoms with Gasteiger partial charge in [-0.05, 0) is 13.0 Å². The second-order valence-corrected chi connectivity index (χ2v) is 6.57. The lowest BCUT2D eigenvalue weighted by Crippen LogP contribution is -2.56. The van der Waals surface area contributed by atoms with Crippen molar-refractivity contribution in [1.82, 2.24) is 14.9 Å². The Morgan fingerprint density at radius 2 is 1.78 bits per heavy atom. The van der Waals surface area contributed by atoms with Crippen LogP contribution in [0.5, 0.6) is 5.75 Å². The summed E-state index contributed by atoms with van der Waals surface area (Å²) in [4.78, 5) is 26.7. The van der Waals surface area contributed by atoms with Gasteiger partial charge in [0.2, 0.25) is 5.95 Å². The molecule has 9 heteroatoms. The van der Waals surface area contributed by atoms with Crippen LogP contribution in [0.4, 0.5) is 25.2 Å². The van der Waals surface area contributed by atoms with E-state index >= 15 is 0 Å². The van der Waals surface area contributed by atoms with E-state index in [9.17, 15) is 13.6 Å². The number of piperazine rings is 1. The maximum Gasteiger partial charge on any atom is 0.325 e. The average molecular weight is 375 g/mol. The fourth-order valence-electron chi connectivity index (χ4n) is 3.34. The minimum atomic E-state index is -1.00. The molecular formula is C18H19F2N5O2. The monoisotopic (exact) mass is 375 g/mol. The van der Waals surface area contributed by atoms with Gasteiger partial charge in [-0.25, -0.2) is 23.5 Å². The molecule has 142 valence electrons. The minimum absolute atomic E-state index is 0.177. The number of aromatic nitrogens is 2. The number of urea groups is 1. The van der Waals surface area contributed by atoms with Gasteiger partial charge in [-0.1, -0.05) is 0 Å². The number of carbonyl (C=O) groups is 1. The first kappa shape index (κ1) is 17.4. The molecule has 2 aliphatic rings. The molecule has 0 bridgehead atoms. The highest BCUT2D eigenvalue weighted by molar-refractivity contribution is 5.95. The molecule has 2 amide bonds. The third-order valence-corrected chi connectivity index (χ3v) is 4.77. The van der Waals surface area contributed by atoms with Crippen molar-refractivity contribution in [3.8, 4) is 5.75 Å². The summed E-state index contributed by atoms with van der Waals surface area (Å²) < 4.78 is 32.7. The summed E-state index contributed by atoms with van der Waals surface area (Å²) in [5.41, 5.74) is 0.256. The standard InChI is InChI=1S/C18H19F2N5O2/c1-12-11-27-16-10-14(20)13(19)9-15(16)25(12)18(26)24-7-5-23(6-8-24)17-21-3-2-4-22-17/h2-4,9-10,12H,5-8,11H2,1H3/t12-/m0/s1. The first-order valence-electron chi connectivity index (χ1n) is 8.76. The van der Waals surface area contributed by atoms with Crippen molar-refractivity contribution in [2.75, 3.05) is 42.6 Å². The van der Waals surface area contributed by atoms with Crippen LogP contribution in [0, 0.1) is 11.6 Å². The number of ether oxygens (including phenoxy) is 1. The van der Waals surface area contributed by atoms with E-state index in [4.69, 9.17) is 4.74 Å². The number of halogens is 2. The Labute approximate surface area is 155 Å². The van der Waals surface area contributed by atoms with Gasteiger partial charge in [0.15, 0.2) is 11.6 Å². The molecule has 1 saturated heterocycles. The number of hydrogen-bond donors (Lipinski definition) is 0. The van der Waals surface area contributed by atoms with E-state index in [1.807, 2.05) is 11.8 Å². The predicted octanol–water partition coefficient (Wildman–Crippen LogP) is 2.28. The molecular weight excluding hydrogens is 356 g/mol. The van der Waals surface area contributed by atoms with Gasteiger partial charge in [0, 0.05) is 50.7 Å². The van der Waals surface area contributed by atoms with Crippen molar-refractivity contribution >= 4 is 17.7 Å². The zero-order valence-electron chi connectivity index (χ0n) is 14.8. The summed E-state index contributed by atoms with van der Waals surface area (Å²) >= 11 is 0. The van der Waals surface area contributed by atoms with Crippen LogP contribution in [0.1, 0.15) is 6.92 Å². The molecule has 4 rings (SSSR count). The molecule has 1 aromatic carbocycles. The maximum absolute atomic E-state index is 13.7. The zero-order valence-corrected chi connectivity index (χ0v) is 14.8. The van der Waals surface area contributed by atoms with Crippen LogP contribution in [0.2, 0.25) is 0 Å². The number of benzene rings is 1. The highest BCUT2D eigenvalue weighted by Gasteiger charge is 2.35. The van der Waals surface area contributed by atoms with Gasteiger partial charge in [0.1, 0.15) is 12.4 Å². The van der Waals surface area contributed by atoms with Crippen LogP contribution >= 0.6 is 0 Å². The Bertz CT molecular complexity index is 843. The first-order valence-corrected chi connectivity index (χ1v) is 8.76. The Morgan fingerprint density at radius 1 is 1.11 bits per heavy atom. The maximum atomic E-state index is 13.7. The lowest BCUT2D eigenvalue weighted by atomic mass is 10.1. The largest absolute Gasteiger partial charge is 0.489 e. The van der Waals surface area contributed by atoms with Gasteiger partial charge in [-0.3, -0.25) is 4.90 Å². The molecule has 2 aromatic rings. The van der Waals surface area contributed by atoms with Crippen LogP contribution < -0.4 is 14.5 Å². The summed E-state index contributed by atoms with van der Waals surface area (Å²) in [6.07, 6.45) is 3.36. The lowest BCUT2D eigenvalue weighted by molar-refractivity contribution is 0.189. The highest BCUT2D eigenvalue weighted by Crippen LogP contribution is 2.36. The molecule has 0 spiro atoms. The summed E-state index contributed by atoms with van der Waals surface area (Å²) in [6.45, 7) is 4.20. The molecule has 0 N–H and O–H groups in total. The Kier molecular flexibility index (Phi) is 4.51. The fourth-order valence-corrected chi connectivity index (χ4v) is 3.34. The smallest absolute Gasteiger partial charge is 0.325 e. The number of rotatable bonds is 1. The van der Waals surface area contributed by atoms with Crippen molar-refractivity contribution in [3.63, 3.8) is 0 Å². The van der Waals surface area contributed by atoms with Crippen molar-refractivity contribution in [2.24, 2.45) is 0 Å². The molecule has 27 heavy (non-hydrogen) atoms. The van der Waals surface area contributed by atoms with Gasteiger partial charge in [-0.15, -0.1) is 0 Å². The predicted molar refractivity (Wildman–Crippen MR) is 95.0 cm³/mol. The third-order valence-electron chi connectivity index (χ3n) is 4.77. The van der Waals surface area contributed by atoms with Crippen molar-refractivity contribution < 1.29 is 18.3 Å².